The summed E-state index contributed by atoms with van der Waals surface area (Å²) in [5.74, 6) is -0.0706. The first-order valence-corrected chi connectivity index (χ1v) is 11.6. The first-order chi connectivity index (χ1) is 17.5. The van der Waals surface area contributed by atoms with Crippen LogP contribution < -0.4 is 0 Å². The van der Waals surface area contributed by atoms with Gasteiger partial charge in [-0.3, -0.25) is 4.79 Å². The molecule has 0 aliphatic heterocycles. The number of carbonyl (C=O) groups excluding carboxylic acids is 2. The molecule has 0 aliphatic rings. The van der Waals surface area contributed by atoms with E-state index < -0.39 is 5.97 Å². The van der Waals surface area contributed by atoms with Crippen molar-refractivity contribution in [3.63, 3.8) is 0 Å². The molecule has 7 heteroatoms. The zero-order chi connectivity index (χ0) is 25.1. The second-order valence-electron chi connectivity index (χ2n) is 8.49. The van der Waals surface area contributed by atoms with E-state index in [4.69, 9.17) is 9.15 Å². The van der Waals surface area contributed by atoms with Crippen LogP contribution in [0.1, 0.15) is 37.9 Å². The molecule has 0 bridgehead atoms. The SMILES string of the molecule is Cc1cc(C(=O)COC(=O)c2cn(-c3ccccc3)nc2-c2ccccc2)c(C)n1Cc1ccco1. The van der Waals surface area contributed by atoms with Crippen molar-refractivity contribution < 1.29 is 18.7 Å². The Labute approximate surface area is 208 Å². The minimum Gasteiger partial charge on any atom is -0.467 e. The standard InChI is InChI=1S/C29H25N3O4/c1-20-16-25(21(2)31(20)17-24-14-9-15-35-24)27(33)19-36-29(34)26-18-32(23-12-7-4-8-13-23)30-28(26)22-10-5-3-6-11-22/h3-16,18H,17,19H2,1-2H3. The first kappa shape index (κ1) is 23.1. The van der Waals surface area contributed by atoms with Crippen molar-refractivity contribution in [3.8, 4) is 16.9 Å². The highest BCUT2D eigenvalue weighted by molar-refractivity contribution is 6.01. The summed E-state index contributed by atoms with van der Waals surface area (Å²) in [6, 6.07) is 24.5. The van der Waals surface area contributed by atoms with Gasteiger partial charge in [-0.25, -0.2) is 9.48 Å². The van der Waals surface area contributed by atoms with Gasteiger partial charge in [0.05, 0.1) is 18.5 Å². The molecule has 0 atom stereocenters. The predicted octanol–water partition coefficient (Wildman–Crippen LogP) is 5.64. The molecule has 0 unspecified atom stereocenters. The van der Waals surface area contributed by atoms with Crippen LogP contribution in [0.3, 0.4) is 0 Å². The Morgan fingerprint density at radius 1 is 0.917 bits per heavy atom. The molecular formula is C29H25N3O4. The molecule has 0 N–H and O–H groups in total. The third-order valence-electron chi connectivity index (χ3n) is 6.10. The third kappa shape index (κ3) is 4.63. The summed E-state index contributed by atoms with van der Waals surface area (Å²) in [4.78, 5) is 26.2. The van der Waals surface area contributed by atoms with E-state index in [0.29, 0.717) is 23.4 Å². The van der Waals surface area contributed by atoms with Crippen molar-refractivity contribution in [1.82, 2.24) is 14.3 Å². The Morgan fingerprint density at radius 2 is 1.64 bits per heavy atom. The molecule has 0 radical (unpaired) electrons. The molecular weight excluding hydrogens is 454 g/mol. The van der Waals surface area contributed by atoms with Crippen LogP contribution in [0.2, 0.25) is 0 Å². The quantitative estimate of drug-likeness (QED) is 0.213. The molecule has 0 saturated heterocycles. The van der Waals surface area contributed by atoms with Crippen LogP contribution in [0.15, 0.2) is 95.7 Å². The number of esters is 1. The van der Waals surface area contributed by atoms with E-state index in [0.717, 1.165) is 28.4 Å². The number of hydrogen-bond acceptors (Lipinski definition) is 5. The first-order valence-electron chi connectivity index (χ1n) is 11.6. The van der Waals surface area contributed by atoms with Crippen LogP contribution in [0.25, 0.3) is 16.9 Å². The van der Waals surface area contributed by atoms with Crippen LogP contribution in [0.5, 0.6) is 0 Å². The highest BCUT2D eigenvalue weighted by Gasteiger charge is 2.23. The molecule has 5 aromatic rings. The summed E-state index contributed by atoms with van der Waals surface area (Å²) in [6.45, 7) is 3.97. The zero-order valence-corrected chi connectivity index (χ0v) is 20.0. The normalized spacial score (nSPS) is 10.9. The Balaban J connectivity index is 1.37. The van der Waals surface area contributed by atoms with Gasteiger partial charge < -0.3 is 13.7 Å². The Kier molecular flexibility index (Phi) is 6.36. The Bertz CT molecular complexity index is 1500. The molecule has 0 aliphatic carbocycles. The van der Waals surface area contributed by atoms with Gasteiger partial charge >= 0.3 is 5.97 Å². The van der Waals surface area contributed by atoms with Gasteiger partial charge in [0.25, 0.3) is 0 Å². The number of Topliss-reactive ketones (excluding diaryl/α,β-unsaturated/α-hetero) is 1. The molecule has 0 amide bonds. The van der Waals surface area contributed by atoms with Crippen LogP contribution in [0.4, 0.5) is 0 Å². The second-order valence-corrected chi connectivity index (χ2v) is 8.49. The van der Waals surface area contributed by atoms with Crippen molar-refractivity contribution in [2.75, 3.05) is 6.61 Å². The van der Waals surface area contributed by atoms with Gasteiger partial charge in [-0.2, -0.15) is 5.10 Å². The number of nitrogens with zero attached hydrogens (tertiary/aromatic N) is 3. The average molecular weight is 480 g/mol. The van der Waals surface area contributed by atoms with Gasteiger partial charge in [0, 0.05) is 28.7 Å². The maximum absolute atomic E-state index is 13.1. The highest BCUT2D eigenvalue weighted by Crippen LogP contribution is 2.25. The number of ether oxygens (including phenoxy) is 1. The van der Waals surface area contributed by atoms with Crippen LogP contribution >= 0.6 is 0 Å². The minimum atomic E-state index is -0.603. The van der Waals surface area contributed by atoms with Crippen molar-refractivity contribution >= 4 is 11.8 Å². The molecule has 5 rings (SSSR count). The van der Waals surface area contributed by atoms with Gasteiger partial charge in [-0.05, 0) is 44.2 Å². The monoisotopic (exact) mass is 479 g/mol. The Hall–Kier alpha value is -4.65. The number of aromatic nitrogens is 3. The number of ketones is 1. The predicted molar refractivity (Wildman–Crippen MR) is 135 cm³/mol. The van der Waals surface area contributed by atoms with E-state index in [9.17, 15) is 9.59 Å². The average Bonchev–Trinajstić information content (AvgIpc) is 3.65. The van der Waals surface area contributed by atoms with Gasteiger partial charge in [0.1, 0.15) is 17.0 Å². The molecule has 7 nitrogen and oxygen atoms in total. The summed E-state index contributed by atoms with van der Waals surface area (Å²) in [6.07, 6.45) is 3.26. The van der Waals surface area contributed by atoms with E-state index in [-0.39, 0.29) is 12.4 Å². The summed E-state index contributed by atoms with van der Waals surface area (Å²) in [7, 11) is 0. The molecule has 36 heavy (non-hydrogen) atoms. The van der Waals surface area contributed by atoms with Crippen molar-refractivity contribution in [2.24, 2.45) is 0 Å². The summed E-state index contributed by atoms with van der Waals surface area (Å²) >= 11 is 0. The molecule has 0 spiro atoms. The topological polar surface area (TPSA) is 79.3 Å². The number of para-hydroxylation sites is 1. The maximum Gasteiger partial charge on any atom is 0.342 e. The van der Waals surface area contributed by atoms with Gasteiger partial charge in [0.15, 0.2) is 6.61 Å². The lowest BCUT2D eigenvalue weighted by molar-refractivity contribution is 0.0475. The van der Waals surface area contributed by atoms with Crippen molar-refractivity contribution in [3.05, 3.63) is 120 Å². The fraction of sp³-hybridized carbons (Fsp3) is 0.138. The van der Waals surface area contributed by atoms with E-state index in [2.05, 4.69) is 5.10 Å². The maximum atomic E-state index is 13.1. The van der Waals surface area contributed by atoms with Gasteiger partial charge in [-0.15, -0.1) is 0 Å². The van der Waals surface area contributed by atoms with Gasteiger partial charge in [0.2, 0.25) is 5.78 Å². The van der Waals surface area contributed by atoms with Gasteiger partial charge in [-0.1, -0.05) is 48.5 Å². The number of hydrogen-bond donors (Lipinski definition) is 0. The van der Waals surface area contributed by atoms with E-state index in [1.165, 1.54) is 0 Å². The number of rotatable bonds is 8. The molecule has 2 aromatic carbocycles. The second kappa shape index (κ2) is 9.92. The largest absolute Gasteiger partial charge is 0.467 e. The zero-order valence-electron chi connectivity index (χ0n) is 20.0. The summed E-state index contributed by atoms with van der Waals surface area (Å²) < 4.78 is 14.6. The van der Waals surface area contributed by atoms with Crippen LogP contribution in [-0.2, 0) is 11.3 Å². The molecule has 0 fully saturated rings. The third-order valence-corrected chi connectivity index (χ3v) is 6.10. The fourth-order valence-electron chi connectivity index (χ4n) is 4.22. The Morgan fingerprint density at radius 3 is 2.33 bits per heavy atom. The van der Waals surface area contributed by atoms with Crippen LogP contribution in [0, 0.1) is 13.8 Å². The minimum absolute atomic E-state index is 0.265. The number of aryl methyl sites for hydroxylation is 1. The highest BCUT2D eigenvalue weighted by atomic mass is 16.5. The van der Waals surface area contributed by atoms with Crippen molar-refractivity contribution in [2.45, 2.75) is 20.4 Å². The van der Waals surface area contributed by atoms with E-state index in [1.807, 2.05) is 97.3 Å². The number of carbonyl (C=O) groups is 2. The van der Waals surface area contributed by atoms with Crippen molar-refractivity contribution in [1.29, 1.82) is 0 Å². The summed E-state index contributed by atoms with van der Waals surface area (Å²) in [5, 5.41) is 4.64. The molecule has 180 valence electrons. The molecule has 3 heterocycles. The van der Waals surface area contributed by atoms with E-state index in [1.54, 1.807) is 17.1 Å². The number of benzene rings is 2. The van der Waals surface area contributed by atoms with E-state index >= 15 is 0 Å². The number of furan rings is 1. The smallest absolute Gasteiger partial charge is 0.342 e. The lowest BCUT2D eigenvalue weighted by Gasteiger charge is -2.08. The lowest BCUT2D eigenvalue weighted by Crippen LogP contribution is -2.15. The molecule has 3 aromatic heterocycles. The van der Waals surface area contributed by atoms with Crippen LogP contribution in [-0.4, -0.2) is 32.7 Å². The fourth-order valence-corrected chi connectivity index (χ4v) is 4.22. The summed E-state index contributed by atoms with van der Waals surface area (Å²) in [5.41, 5.74) is 4.63. The lowest BCUT2D eigenvalue weighted by atomic mass is 10.1. The molecule has 0 saturated carbocycles.